The van der Waals surface area contributed by atoms with E-state index in [1.807, 2.05) is 35.2 Å². The molecule has 0 radical (unpaired) electrons. The second-order valence-corrected chi connectivity index (χ2v) is 8.68. The van der Waals surface area contributed by atoms with Crippen LogP contribution in [0, 0.1) is 0 Å². The third-order valence-electron chi connectivity index (χ3n) is 5.16. The number of hydrogen-bond donors (Lipinski definition) is 1. The number of nitrogens with one attached hydrogen (secondary N) is 1. The number of rotatable bonds is 7. The lowest BCUT2D eigenvalue weighted by Gasteiger charge is -2.31. The summed E-state index contributed by atoms with van der Waals surface area (Å²) in [5, 5.41) is 9.13. The molecule has 1 amide bonds. The van der Waals surface area contributed by atoms with E-state index >= 15 is 0 Å². The van der Waals surface area contributed by atoms with Gasteiger partial charge in [-0.2, -0.15) is 0 Å². The molecule has 0 saturated carbocycles. The van der Waals surface area contributed by atoms with Gasteiger partial charge < -0.3 is 14.2 Å². The van der Waals surface area contributed by atoms with Gasteiger partial charge in [-0.15, -0.1) is 10.2 Å². The molecule has 1 aliphatic heterocycles. The van der Waals surface area contributed by atoms with E-state index in [4.69, 9.17) is 16.0 Å². The summed E-state index contributed by atoms with van der Waals surface area (Å²) in [6.45, 7) is 4.43. The van der Waals surface area contributed by atoms with Crippen molar-refractivity contribution >= 4 is 35.3 Å². The van der Waals surface area contributed by atoms with Crippen LogP contribution in [-0.4, -0.2) is 59.5 Å². The average molecular weight is 456 g/mol. The van der Waals surface area contributed by atoms with Crippen LogP contribution in [0.3, 0.4) is 0 Å². The second kappa shape index (κ2) is 10.6. The number of carbonyl (C=O) groups excluding carboxylic acids is 1. The highest BCUT2D eigenvalue weighted by molar-refractivity contribution is 7.99. The first-order valence-corrected chi connectivity index (χ1v) is 11.6. The molecule has 0 unspecified atom stereocenters. The van der Waals surface area contributed by atoms with Gasteiger partial charge in [0.1, 0.15) is 0 Å². The van der Waals surface area contributed by atoms with Crippen LogP contribution >= 0.6 is 23.4 Å². The summed E-state index contributed by atoms with van der Waals surface area (Å²) in [6.07, 6.45) is 4.37. The minimum absolute atomic E-state index is 0.107. The molecule has 31 heavy (non-hydrogen) atoms. The predicted octanol–water partition coefficient (Wildman–Crippen LogP) is 2.92. The van der Waals surface area contributed by atoms with Gasteiger partial charge in [-0.05, 0) is 35.9 Å². The molecule has 1 N–H and O–H groups in total. The van der Waals surface area contributed by atoms with Gasteiger partial charge in [-0.3, -0.25) is 4.79 Å². The number of quaternary nitrogens is 1. The molecule has 3 aromatic rings. The number of nitrogens with zero attached hydrogens (tertiary/aromatic N) is 3. The Bertz CT molecular complexity index is 1020. The van der Waals surface area contributed by atoms with Gasteiger partial charge in [0, 0.05) is 10.6 Å². The maximum atomic E-state index is 12.6. The number of carbonyl (C=O) groups is 1. The van der Waals surface area contributed by atoms with Gasteiger partial charge in [0.15, 0.2) is 0 Å². The monoisotopic (exact) mass is 455 g/mol. The van der Waals surface area contributed by atoms with Crippen molar-refractivity contribution in [1.82, 2.24) is 15.1 Å². The summed E-state index contributed by atoms with van der Waals surface area (Å²) >= 11 is 7.18. The van der Waals surface area contributed by atoms with Gasteiger partial charge in [0.2, 0.25) is 11.8 Å². The summed E-state index contributed by atoms with van der Waals surface area (Å²) in [5.41, 5.74) is 2.02. The fourth-order valence-electron chi connectivity index (χ4n) is 3.39. The highest BCUT2D eigenvalue weighted by Crippen LogP contribution is 2.24. The first-order valence-electron chi connectivity index (χ1n) is 10.2. The Morgan fingerprint density at radius 2 is 1.84 bits per heavy atom. The minimum Gasteiger partial charge on any atom is -0.411 e. The number of aromatic nitrogens is 2. The molecule has 0 spiro atoms. The summed E-state index contributed by atoms with van der Waals surface area (Å²) in [6, 6.07) is 17.5. The van der Waals surface area contributed by atoms with E-state index < -0.39 is 0 Å². The molecule has 4 rings (SSSR count). The van der Waals surface area contributed by atoms with E-state index in [9.17, 15) is 4.79 Å². The Morgan fingerprint density at radius 3 is 2.58 bits per heavy atom. The van der Waals surface area contributed by atoms with Crippen LogP contribution in [0.4, 0.5) is 0 Å². The fraction of sp³-hybridized carbons (Fsp3) is 0.261. The first kappa shape index (κ1) is 21.6. The number of hydrogen-bond acceptors (Lipinski definition) is 5. The zero-order valence-corrected chi connectivity index (χ0v) is 18.6. The summed E-state index contributed by atoms with van der Waals surface area (Å²) in [7, 11) is 0. The second-order valence-electron chi connectivity index (χ2n) is 7.32. The molecule has 0 atom stereocenters. The van der Waals surface area contributed by atoms with Crippen LogP contribution in [0.1, 0.15) is 5.56 Å². The Labute approximate surface area is 190 Å². The number of piperazine rings is 1. The van der Waals surface area contributed by atoms with E-state index in [2.05, 4.69) is 34.5 Å². The van der Waals surface area contributed by atoms with Gasteiger partial charge in [-0.25, -0.2) is 0 Å². The highest BCUT2D eigenvalue weighted by atomic mass is 35.5. The van der Waals surface area contributed by atoms with Crippen molar-refractivity contribution in [3.8, 4) is 11.5 Å². The SMILES string of the molecule is O=C(CSc1nnc(-c2ccc(Cl)cc2)o1)N1CC[NH+](C/C=C/c2ccccc2)CC1. The van der Waals surface area contributed by atoms with E-state index in [1.54, 1.807) is 12.1 Å². The molecule has 6 nitrogen and oxygen atoms in total. The normalized spacial score (nSPS) is 14.9. The van der Waals surface area contributed by atoms with Crippen LogP contribution < -0.4 is 4.90 Å². The van der Waals surface area contributed by atoms with Crippen molar-refractivity contribution in [2.75, 3.05) is 38.5 Å². The molecule has 0 bridgehead atoms. The van der Waals surface area contributed by atoms with E-state index in [1.165, 1.54) is 22.2 Å². The zero-order chi connectivity index (χ0) is 21.5. The maximum absolute atomic E-state index is 12.6. The number of thioether (sulfide) groups is 1. The van der Waals surface area contributed by atoms with Crippen molar-refractivity contribution in [3.63, 3.8) is 0 Å². The van der Waals surface area contributed by atoms with Crippen LogP contribution in [0.2, 0.25) is 5.02 Å². The number of amides is 1. The van der Waals surface area contributed by atoms with E-state index in [-0.39, 0.29) is 5.91 Å². The van der Waals surface area contributed by atoms with Crippen molar-refractivity contribution in [2.24, 2.45) is 0 Å². The smallest absolute Gasteiger partial charge is 0.277 e. The Morgan fingerprint density at radius 1 is 1.10 bits per heavy atom. The molecular weight excluding hydrogens is 432 g/mol. The Balaban J connectivity index is 1.20. The molecular formula is C23H24ClN4O2S+. The fourth-order valence-corrected chi connectivity index (χ4v) is 4.19. The van der Waals surface area contributed by atoms with E-state index in [0.717, 1.165) is 38.3 Å². The summed E-state index contributed by atoms with van der Waals surface area (Å²) in [5.74, 6) is 0.827. The van der Waals surface area contributed by atoms with E-state index in [0.29, 0.717) is 21.9 Å². The molecule has 2 heterocycles. The lowest BCUT2D eigenvalue weighted by molar-refractivity contribution is -0.898. The standard InChI is InChI=1S/C23H23ClN4O2S/c24-20-10-8-19(9-11-20)22-25-26-23(30-22)31-17-21(29)28-15-13-27(14-16-28)12-4-7-18-5-2-1-3-6-18/h1-11H,12-17H2/p+1/b7-4+. The van der Waals surface area contributed by atoms with Crippen LogP contribution in [0.25, 0.3) is 17.5 Å². The molecule has 0 aliphatic carbocycles. The topological polar surface area (TPSA) is 63.7 Å². The lowest BCUT2D eigenvalue weighted by atomic mass is 10.2. The van der Waals surface area contributed by atoms with Gasteiger partial charge >= 0.3 is 0 Å². The molecule has 1 saturated heterocycles. The first-order chi connectivity index (χ1) is 15.2. The molecule has 1 aliphatic rings. The number of halogens is 1. The summed E-state index contributed by atoms with van der Waals surface area (Å²) < 4.78 is 5.66. The lowest BCUT2D eigenvalue weighted by Crippen LogP contribution is -3.14. The molecule has 8 heteroatoms. The Kier molecular flexibility index (Phi) is 7.40. The number of benzene rings is 2. The van der Waals surface area contributed by atoms with Gasteiger partial charge in [0.05, 0.1) is 38.5 Å². The largest absolute Gasteiger partial charge is 0.411 e. The van der Waals surface area contributed by atoms with Crippen molar-refractivity contribution in [3.05, 3.63) is 71.3 Å². The molecule has 1 fully saturated rings. The van der Waals surface area contributed by atoms with Crippen LogP contribution in [0.15, 0.2) is 70.3 Å². The average Bonchev–Trinajstić information content (AvgIpc) is 3.28. The van der Waals surface area contributed by atoms with Crippen molar-refractivity contribution in [2.45, 2.75) is 5.22 Å². The molecule has 160 valence electrons. The highest BCUT2D eigenvalue weighted by Gasteiger charge is 2.23. The summed E-state index contributed by atoms with van der Waals surface area (Å²) in [4.78, 5) is 16.0. The predicted molar refractivity (Wildman–Crippen MR) is 123 cm³/mol. The third kappa shape index (κ3) is 6.19. The maximum Gasteiger partial charge on any atom is 0.277 e. The molecule has 1 aromatic heterocycles. The van der Waals surface area contributed by atoms with Crippen molar-refractivity contribution in [1.29, 1.82) is 0 Å². The van der Waals surface area contributed by atoms with Crippen LogP contribution in [0.5, 0.6) is 0 Å². The zero-order valence-electron chi connectivity index (χ0n) is 17.0. The third-order valence-corrected chi connectivity index (χ3v) is 6.21. The Hall–Kier alpha value is -2.61. The minimum atomic E-state index is 0.107. The molecule has 2 aromatic carbocycles. The quantitative estimate of drug-likeness (QED) is 0.555. The van der Waals surface area contributed by atoms with Crippen molar-refractivity contribution < 1.29 is 14.1 Å². The van der Waals surface area contributed by atoms with Gasteiger partial charge in [-0.1, -0.05) is 59.8 Å². The van der Waals surface area contributed by atoms with Crippen LogP contribution in [-0.2, 0) is 4.79 Å². The van der Waals surface area contributed by atoms with Gasteiger partial charge in [0.25, 0.3) is 5.22 Å².